The van der Waals surface area contributed by atoms with E-state index < -0.39 is 0 Å². The second-order valence-electron chi connectivity index (χ2n) is 8.29. The van der Waals surface area contributed by atoms with Gasteiger partial charge >= 0.3 is 0 Å². The van der Waals surface area contributed by atoms with Crippen molar-refractivity contribution in [3.8, 4) is 0 Å². The highest BCUT2D eigenvalue weighted by Crippen LogP contribution is 2.33. The van der Waals surface area contributed by atoms with Gasteiger partial charge in [-0.15, -0.1) is 0 Å². The van der Waals surface area contributed by atoms with Crippen molar-refractivity contribution in [2.45, 2.75) is 45.4 Å². The molecule has 4 heteroatoms. The molecule has 0 saturated carbocycles. The van der Waals surface area contributed by atoms with Gasteiger partial charge < -0.3 is 14.6 Å². The third-order valence-corrected chi connectivity index (χ3v) is 6.47. The largest absolute Gasteiger partial charge is 0.389 e. The van der Waals surface area contributed by atoms with Gasteiger partial charge in [0.2, 0.25) is 0 Å². The van der Waals surface area contributed by atoms with Crippen molar-refractivity contribution in [3.05, 3.63) is 94.8 Å². The van der Waals surface area contributed by atoms with Crippen LogP contribution in [-0.2, 0) is 13.1 Å². The fourth-order valence-corrected chi connectivity index (χ4v) is 4.70. The van der Waals surface area contributed by atoms with E-state index in [1.54, 1.807) is 0 Å². The average Bonchev–Trinajstić information content (AvgIpc) is 3.14. The summed E-state index contributed by atoms with van der Waals surface area (Å²) >= 11 is 0. The minimum Gasteiger partial charge on any atom is -0.389 e. The van der Waals surface area contributed by atoms with E-state index in [1.807, 2.05) is 60.4 Å². The van der Waals surface area contributed by atoms with Crippen LogP contribution in [0.5, 0.6) is 0 Å². The van der Waals surface area contributed by atoms with Crippen molar-refractivity contribution in [2.75, 3.05) is 4.90 Å². The molecule has 0 radical (unpaired) electrons. The number of rotatable bonds is 2. The molecule has 0 bridgehead atoms. The first-order valence-corrected chi connectivity index (χ1v) is 10.6. The highest BCUT2D eigenvalue weighted by Gasteiger charge is 2.25. The van der Waals surface area contributed by atoms with E-state index >= 15 is 0 Å². The quantitative estimate of drug-likeness (QED) is 0.659. The van der Waals surface area contributed by atoms with Gasteiger partial charge in [0, 0.05) is 29.7 Å². The van der Waals surface area contributed by atoms with E-state index in [4.69, 9.17) is 0 Å². The number of aliphatic hydroxyl groups is 1. The van der Waals surface area contributed by atoms with Crippen LogP contribution in [0, 0.1) is 0 Å². The highest BCUT2D eigenvalue weighted by molar-refractivity contribution is 6.06. The van der Waals surface area contributed by atoms with Gasteiger partial charge in [-0.3, -0.25) is 4.79 Å². The molecule has 2 heterocycles. The molecule has 0 fully saturated rings. The molecule has 1 N–H and O–H groups in total. The third kappa shape index (κ3) is 3.27. The van der Waals surface area contributed by atoms with Crippen LogP contribution < -0.4 is 4.90 Å². The lowest BCUT2D eigenvalue weighted by molar-refractivity contribution is 0.0985. The maximum atomic E-state index is 13.5. The number of para-hydroxylation sites is 1. The number of fused-ring (bicyclic) bond motifs is 2. The zero-order valence-corrected chi connectivity index (χ0v) is 17.2. The normalized spacial score (nSPS) is 18.6. The Morgan fingerprint density at radius 2 is 1.80 bits per heavy atom. The monoisotopic (exact) mass is 398 g/mol. The summed E-state index contributed by atoms with van der Waals surface area (Å²) in [6.07, 6.45) is 4.54. The summed E-state index contributed by atoms with van der Waals surface area (Å²) in [5.74, 6) is 0.0121. The molecule has 1 unspecified atom stereocenters. The van der Waals surface area contributed by atoms with E-state index in [0.717, 1.165) is 53.9 Å². The van der Waals surface area contributed by atoms with E-state index in [1.165, 1.54) is 5.57 Å². The summed E-state index contributed by atoms with van der Waals surface area (Å²) in [5, 5.41) is 10.2. The van der Waals surface area contributed by atoms with Crippen molar-refractivity contribution in [2.24, 2.45) is 0 Å². The molecular weight excluding hydrogens is 372 g/mol. The van der Waals surface area contributed by atoms with Crippen molar-refractivity contribution in [1.29, 1.82) is 0 Å². The van der Waals surface area contributed by atoms with Gasteiger partial charge in [0.05, 0.1) is 12.6 Å². The lowest BCUT2D eigenvalue weighted by Gasteiger charge is -2.24. The molecule has 152 valence electrons. The zero-order chi connectivity index (χ0) is 20.7. The van der Waals surface area contributed by atoms with Crippen LogP contribution in [0.2, 0.25) is 0 Å². The second kappa shape index (κ2) is 7.62. The smallest absolute Gasteiger partial charge is 0.258 e. The molecule has 3 aromatic rings. The maximum absolute atomic E-state index is 13.5. The Labute approximate surface area is 177 Å². The zero-order valence-electron chi connectivity index (χ0n) is 17.2. The molecule has 1 atom stereocenters. The molecule has 1 aliphatic heterocycles. The topological polar surface area (TPSA) is 45.5 Å². The fourth-order valence-electron chi connectivity index (χ4n) is 4.70. The second-order valence-corrected chi connectivity index (χ2v) is 8.29. The Morgan fingerprint density at radius 3 is 2.63 bits per heavy atom. The number of anilines is 1. The Morgan fingerprint density at radius 1 is 1.00 bits per heavy atom. The Balaban J connectivity index is 1.48. The minimum atomic E-state index is -0.347. The number of allylic oxidation sites excluding steroid dienone is 1. The molecule has 0 spiro atoms. The molecule has 30 heavy (non-hydrogen) atoms. The van der Waals surface area contributed by atoms with Gasteiger partial charge in [-0.05, 0) is 78.8 Å². The Kier molecular flexibility index (Phi) is 4.80. The van der Waals surface area contributed by atoms with Crippen LogP contribution in [0.15, 0.2) is 72.4 Å². The fraction of sp³-hybridized carbons (Fsp3) is 0.269. The summed E-state index contributed by atoms with van der Waals surface area (Å²) < 4.78 is 2.21. The first-order valence-electron chi connectivity index (χ1n) is 10.6. The van der Waals surface area contributed by atoms with Crippen LogP contribution in [-0.4, -0.2) is 21.7 Å². The van der Waals surface area contributed by atoms with Crippen molar-refractivity contribution in [1.82, 2.24) is 4.57 Å². The number of hydrogen-bond acceptors (Lipinski definition) is 2. The molecule has 0 saturated heterocycles. The number of nitrogens with zero attached hydrogens (tertiary/aromatic N) is 2. The number of benzene rings is 2. The number of aliphatic hydroxyl groups excluding tert-OH is 1. The van der Waals surface area contributed by atoms with E-state index in [2.05, 4.69) is 22.9 Å². The molecule has 4 nitrogen and oxygen atoms in total. The summed E-state index contributed by atoms with van der Waals surface area (Å²) in [5.41, 5.74) is 7.32. The average molecular weight is 399 g/mol. The summed E-state index contributed by atoms with van der Waals surface area (Å²) in [6, 6.07) is 20.2. The predicted octanol–water partition coefficient (Wildman–Crippen LogP) is 5.02. The Hall–Kier alpha value is -3.11. The van der Waals surface area contributed by atoms with Gasteiger partial charge in [0.15, 0.2) is 0 Å². The van der Waals surface area contributed by atoms with Crippen LogP contribution in [0.1, 0.15) is 53.4 Å². The minimum absolute atomic E-state index is 0.0121. The van der Waals surface area contributed by atoms with Crippen LogP contribution in [0.25, 0.3) is 5.57 Å². The van der Waals surface area contributed by atoms with E-state index in [9.17, 15) is 9.90 Å². The van der Waals surface area contributed by atoms with Crippen LogP contribution in [0.3, 0.4) is 0 Å². The highest BCUT2D eigenvalue weighted by atomic mass is 16.3. The number of amides is 1. The SMILES string of the molecule is CC1=C(c2ccc(C(=O)N3Cc4cccn4Cc4ccccc43)cc2)CCCC1O. The first-order chi connectivity index (χ1) is 14.6. The van der Waals surface area contributed by atoms with Gasteiger partial charge in [-0.25, -0.2) is 0 Å². The van der Waals surface area contributed by atoms with Gasteiger partial charge in [0.1, 0.15) is 0 Å². The number of carbonyl (C=O) groups is 1. The maximum Gasteiger partial charge on any atom is 0.258 e. The lowest BCUT2D eigenvalue weighted by Crippen LogP contribution is -2.30. The van der Waals surface area contributed by atoms with Gasteiger partial charge in [0.25, 0.3) is 5.91 Å². The molecule has 2 aromatic carbocycles. The molecule has 1 aliphatic carbocycles. The summed E-state index contributed by atoms with van der Waals surface area (Å²) in [4.78, 5) is 15.4. The number of hydrogen-bond donors (Lipinski definition) is 1. The van der Waals surface area contributed by atoms with Crippen molar-refractivity contribution < 1.29 is 9.90 Å². The van der Waals surface area contributed by atoms with Crippen LogP contribution in [0.4, 0.5) is 5.69 Å². The lowest BCUT2D eigenvalue weighted by atomic mass is 9.86. The summed E-state index contributed by atoms with van der Waals surface area (Å²) in [7, 11) is 0. The van der Waals surface area contributed by atoms with Crippen LogP contribution >= 0.6 is 0 Å². The van der Waals surface area contributed by atoms with Crippen molar-refractivity contribution in [3.63, 3.8) is 0 Å². The molecule has 1 amide bonds. The Bertz CT molecular complexity index is 1120. The van der Waals surface area contributed by atoms with Crippen molar-refractivity contribution >= 4 is 17.2 Å². The predicted molar refractivity (Wildman–Crippen MR) is 119 cm³/mol. The first kappa shape index (κ1) is 18.9. The molecule has 5 rings (SSSR count). The summed E-state index contributed by atoms with van der Waals surface area (Å²) in [6.45, 7) is 3.35. The van der Waals surface area contributed by atoms with E-state index in [0.29, 0.717) is 12.1 Å². The third-order valence-electron chi connectivity index (χ3n) is 6.47. The molecular formula is C26H26N2O2. The molecule has 2 aliphatic rings. The number of aromatic nitrogens is 1. The molecule has 1 aromatic heterocycles. The van der Waals surface area contributed by atoms with Gasteiger partial charge in [-0.1, -0.05) is 30.3 Å². The standard InChI is InChI=1S/C26H26N2O2/c1-18-23(8-4-10-25(18)29)19-11-13-20(14-12-19)26(30)28-17-22-7-5-15-27(22)16-21-6-2-3-9-24(21)28/h2-3,5-7,9,11-15,25,29H,4,8,10,16-17H2,1H3. The van der Waals surface area contributed by atoms with Gasteiger partial charge in [-0.2, -0.15) is 0 Å². The number of carbonyl (C=O) groups excluding carboxylic acids is 1. The van der Waals surface area contributed by atoms with E-state index in [-0.39, 0.29) is 12.0 Å².